The SMILES string of the molecule is CCC(Br)C(=O)c1ccc(OC)cc1. The van der Waals surface area contributed by atoms with Gasteiger partial charge in [0.05, 0.1) is 11.9 Å². The Balaban J connectivity index is 2.81. The van der Waals surface area contributed by atoms with Crippen molar-refractivity contribution in [3.63, 3.8) is 0 Å². The quantitative estimate of drug-likeness (QED) is 0.612. The molecule has 2 nitrogen and oxygen atoms in total. The van der Waals surface area contributed by atoms with Gasteiger partial charge in [0.2, 0.25) is 0 Å². The van der Waals surface area contributed by atoms with E-state index in [1.807, 2.05) is 6.92 Å². The number of carbonyl (C=O) groups is 1. The summed E-state index contributed by atoms with van der Waals surface area (Å²) in [6.45, 7) is 1.97. The zero-order chi connectivity index (χ0) is 10.6. The van der Waals surface area contributed by atoms with Crippen molar-refractivity contribution < 1.29 is 9.53 Å². The van der Waals surface area contributed by atoms with Gasteiger partial charge < -0.3 is 4.74 Å². The zero-order valence-electron chi connectivity index (χ0n) is 8.29. The molecule has 1 atom stereocenters. The maximum atomic E-state index is 11.7. The van der Waals surface area contributed by atoms with E-state index in [2.05, 4.69) is 15.9 Å². The van der Waals surface area contributed by atoms with Crippen LogP contribution in [0.5, 0.6) is 5.75 Å². The lowest BCUT2D eigenvalue weighted by Crippen LogP contribution is -2.12. The van der Waals surface area contributed by atoms with Crippen molar-refractivity contribution in [3.05, 3.63) is 29.8 Å². The Kier molecular flexibility index (Phi) is 4.14. The number of hydrogen-bond donors (Lipinski definition) is 0. The van der Waals surface area contributed by atoms with Gasteiger partial charge >= 0.3 is 0 Å². The molecular weight excluding hydrogens is 244 g/mol. The Morgan fingerprint density at radius 3 is 2.43 bits per heavy atom. The normalized spacial score (nSPS) is 12.2. The summed E-state index contributed by atoms with van der Waals surface area (Å²) >= 11 is 3.33. The van der Waals surface area contributed by atoms with Crippen LogP contribution >= 0.6 is 15.9 Å². The number of ether oxygens (including phenoxy) is 1. The van der Waals surface area contributed by atoms with Crippen LogP contribution in [0.25, 0.3) is 0 Å². The van der Waals surface area contributed by atoms with Gasteiger partial charge in [-0.15, -0.1) is 0 Å². The Morgan fingerprint density at radius 2 is 2.00 bits per heavy atom. The van der Waals surface area contributed by atoms with Gasteiger partial charge in [0, 0.05) is 5.56 Å². The van der Waals surface area contributed by atoms with E-state index in [0.717, 1.165) is 17.7 Å². The van der Waals surface area contributed by atoms with Crippen LogP contribution in [0.3, 0.4) is 0 Å². The molecule has 0 amide bonds. The van der Waals surface area contributed by atoms with Crippen molar-refractivity contribution in [1.82, 2.24) is 0 Å². The molecule has 14 heavy (non-hydrogen) atoms. The van der Waals surface area contributed by atoms with Gasteiger partial charge in [0.25, 0.3) is 0 Å². The van der Waals surface area contributed by atoms with Crippen LogP contribution in [0.15, 0.2) is 24.3 Å². The number of carbonyl (C=O) groups excluding carboxylic acids is 1. The first-order valence-corrected chi connectivity index (χ1v) is 5.43. The summed E-state index contributed by atoms with van der Waals surface area (Å²) in [5.74, 6) is 0.888. The Bertz CT molecular complexity index is 306. The van der Waals surface area contributed by atoms with Crippen molar-refractivity contribution in [2.24, 2.45) is 0 Å². The molecule has 0 radical (unpaired) electrons. The number of ketones is 1. The first kappa shape index (κ1) is 11.2. The first-order chi connectivity index (χ1) is 6.69. The van der Waals surface area contributed by atoms with E-state index in [0.29, 0.717) is 0 Å². The molecule has 0 aliphatic heterocycles. The van der Waals surface area contributed by atoms with Crippen molar-refractivity contribution in [2.75, 3.05) is 7.11 Å². The van der Waals surface area contributed by atoms with Crippen LogP contribution in [0.1, 0.15) is 23.7 Å². The lowest BCUT2D eigenvalue weighted by atomic mass is 10.1. The van der Waals surface area contributed by atoms with E-state index in [9.17, 15) is 4.79 Å². The lowest BCUT2D eigenvalue weighted by molar-refractivity contribution is 0.0990. The smallest absolute Gasteiger partial charge is 0.176 e. The molecule has 0 heterocycles. The topological polar surface area (TPSA) is 26.3 Å². The highest BCUT2D eigenvalue weighted by Crippen LogP contribution is 2.16. The molecule has 76 valence electrons. The lowest BCUT2D eigenvalue weighted by Gasteiger charge is -2.06. The molecular formula is C11H13BrO2. The van der Waals surface area contributed by atoms with Crippen LogP contribution in [-0.2, 0) is 0 Å². The van der Waals surface area contributed by atoms with Crippen LogP contribution in [0.4, 0.5) is 0 Å². The molecule has 0 spiro atoms. The number of hydrogen-bond acceptors (Lipinski definition) is 2. The number of Topliss-reactive ketones (excluding diaryl/α,β-unsaturated/α-hetero) is 1. The van der Waals surface area contributed by atoms with Crippen LogP contribution in [0.2, 0.25) is 0 Å². The maximum absolute atomic E-state index is 11.7. The molecule has 0 fully saturated rings. The van der Waals surface area contributed by atoms with Crippen LogP contribution in [0, 0.1) is 0 Å². The van der Waals surface area contributed by atoms with E-state index in [1.165, 1.54) is 0 Å². The third-order valence-corrected chi connectivity index (χ3v) is 3.08. The Labute approximate surface area is 92.4 Å². The summed E-state index contributed by atoms with van der Waals surface area (Å²) in [5, 5.41) is 0. The Morgan fingerprint density at radius 1 is 1.43 bits per heavy atom. The third-order valence-electron chi connectivity index (χ3n) is 2.02. The van der Waals surface area contributed by atoms with Gasteiger partial charge in [-0.1, -0.05) is 22.9 Å². The van der Waals surface area contributed by atoms with Crippen LogP contribution in [-0.4, -0.2) is 17.7 Å². The predicted molar refractivity (Wildman–Crippen MR) is 60.3 cm³/mol. The largest absolute Gasteiger partial charge is 0.497 e. The van der Waals surface area contributed by atoms with Gasteiger partial charge in [-0.2, -0.15) is 0 Å². The summed E-state index contributed by atoms with van der Waals surface area (Å²) in [6, 6.07) is 7.15. The number of halogens is 1. The fourth-order valence-electron chi connectivity index (χ4n) is 1.12. The summed E-state index contributed by atoms with van der Waals surface area (Å²) in [5.41, 5.74) is 0.717. The fraction of sp³-hybridized carbons (Fsp3) is 0.364. The molecule has 0 N–H and O–H groups in total. The van der Waals surface area contributed by atoms with Crippen molar-refractivity contribution in [1.29, 1.82) is 0 Å². The summed E-state index contributed by atoms with van der Waals surface area (Å²) in [7, 11) is 1.61. The van der Waals surface area contributed by atoms with E-state index < -0.39 is 0 Å². The van der Waals surface area contributed by atoms with E-state index in [-0.39, 0.29) is 10.6 Å². The molecule has 1 aromatic carbocycles. The van der Waals surface area contributed by atoms with Gasteiger partial charge in [-0.3, -0.25) is 4.79 Å². The summed E-state index contributed by atoms with van der Waals surface area (Å²) < 4.78 is 5.01. The minimum absolute atomic E-state index is 0.0871. The Hall–Kier alpha value is -0.830. The molecule has 1 unspecified atom stereocenters. The molecule has 0 bridgehead atoms. The second kappa shape index (κ2) is 5.15. The van der Waals surface area contributed by atoms with E-state index in [4.69, 9.17) is 4.74 Å². The molecule has 3 heteroatoms. The molecule has 1 rings (SSSR count). The van der Waals surface area contributed by atoms with Crippen molar-refractivity contribution in [2.45, 2.75) is 18.2 Å². The minimum Gasteiger partial charge on any atom is -0.497 e. The number of methoxy groups -OCH3 is 1. The fourth-order valence-corrected chi connectivity index (χ4v) is 1.39. The monoisotopic (exact) mass is 256 g/mol. The van der Waals surface area contributed by atoms with Crippen molar-refractivity contribution in [3.8, 4) is 5.75 Å². The number of benzene rings is 1. The van der Waals surface area contributed by atoms with Gasteiger partial charge in [0.15, 0.2) is 5.78 Å². The average molecular weight is 257 g/mol. The second-order valence-corrected chi connectivity index (χ2v) is 4.07. The second-order valence-electron chi connectivity index (χ2n) is 2.97. The minimum atomic E-state index is -0.0871. The van der Waals surface area contributed by atoms with Crippen LogP contribution < -0.4 is 4.74 Å². The van der Waals surface area contributed by atoms with Gasteiger partial charge in [0.1, 0.15) is 5.75 Å². The van der Waals surface area contributed by atoms with E-state index in [1.54, 1.807) is 31.4 Å². The standard InChI is InChI=1S/C11H13BrO2/c1-3-10(12)11(13)8-4-6-9(14-2)7-5-8/h4-7,10H,3H2,1-2H3. The van der Waals surface area contributed by atoms with E-state index >= 15 is 0 Å². The van der Waals surface area contributed by atoms with Gasteiger partial charge in [-0.05, 0) is 30.7 Å². The first-order valence-electron chi connectivity index (χ1n) is 4.51. The number of rotatable bonds is 4. The highest BCUT2D eigenvalue weighted by molar-refractivity contribution is 9.10. The highest BCUT2D eigenvalue weighted by atomic mass is 79.9. The summed E-state index contributed by atoms with van der Waals surface area (Å²) in [6.07, 6.45) is 0.796. The van der Waals surface area contributed by atoms with Crippen molar-refractivity contribution >= 4 is 21.7 Å². The summed E-state index contributed by atoms with van der Waals surface area (Å²) in [4.78, 5) is 11.6. The predicted octanol–water partition coefficient (Wildman–Crippen LogP) is 3.05. The molecule has 0 aliphatic carbocycles. The highest BCUT2D eigenvalue weighted by Gasteiger charge is 2.14. The number of alkyl halides is 1. The van der Waals surface area contributed by atoms with Gasteiger partial charge in [-0.25, -0.2) is 0 Å². The average Bonchev–Trinajstić information content (AvgIpc) is 2.27. The molecule has 1 aromatic rings. The third kappa shape index (κ3) is 2.58. The maximum Gasteiger partial charge on any atom is 0.176 e. The zero-order valence-corrected chi connectivity index (χ0v) is 9.87. The molecule has 0 aliphatic rings. The molecule has 0 saturated carbocycles. The molecule has 0 saturated heterocycles. The molecule has 0 aromatic heterocycles.